The van der Waals surface area contributed by atoms with Gasteiger partial charge in [0.1, 0.15) is 0 Å². The standard InChI is InChI=1S/3CH2O3.2Mn/c3*2-1(3)4;;/h3*(H2,2,3,4);;/q;;;2*+3/p-6. The Balaban J connectivity index is -0.0000000270. The molecule has 0 N–H and O–H groups in total. The molecule has 0 aromatic carbocycles. The fraction of sp³-hybridized carbons (Fsp3) is 0. The minimum Gasteiger partial charge on any atom is -0.652 e. The van der Waals surface area contributed by atoms with Crippen LogP contribution in [0.15, 0.2) is 0 Å². The van der Waals surface area contributed by atoms with Crippen molar-refractivity contribution in [2.75, 3.05) is 0 Å². The zero-order chi connectivity index (χ0) is 10.7. The van der Waals surface area contributed by atoms with Gasteiger partial charge in [-0.15, -0.1) is 0 Å². The average molecular weight is 290 g/mol. The van der Waals surface area contributed by atoms with Crippen molar-refractivity contribution in [1.82, 2.24) is 0 Å². The van der Waals surface area contributed by atoms with E-state index in [-0.39, 0.29) is 34.1 Å². The van der Waals surface area contributed by atoms with Crippen molar-refractivity contribution in [1.29, 1.82) is 0 Å². The molecule has 0 rings (SSSR count). The quantitative estimate of drug-likeness (QED) is 0.390. The maximum atomic E-state index is 8.33. The third-order valence-electron chi connectivity index (χ3n) is 0. The van der Waals surface area contributed by atoms with E-state index >= 15 is 0 Å². The Hall–Kier alpha value is -1.15. The summed E-state index contributed by atoms with van der Waals surface area (Å²) >= 11 is 0. The zero-order valence-corrected chi connectivity index (χ0v) is 8.29. The second kappa shape index (κ2) is 22.6. The van der Waals surface area contributed by atoms with Gasteiger partial charge in [-0.3, -0.25) is 0 Å². The van der Waals surface area contributed by atoms with Gasteiger partial charge in [0.25, 0.3) is 0 Å². The van der Waals surface area contributed by atoms with Crippen molar-refractivity contribution in [3.8, 4) is 0 Å². The van der Waals surface area contributed by atoms with Gasteiger partial charge in [-0.2, -0.15) is 0 Å². The second-order valence-electron chi connectivity index (χ2n) is 0.750. The van der Waals surface area contributed by atoms with Crippen molar-refractivity contribution in [2.24, 2.45) is 0 Å². The number of rotatable bonds is 0. The number of hydrogen-bond donors (Lipinski definition) is 0. The molecule has 11 heteroatoms. The molecule has 9 nitrogen and oxygen atoms in total. The van der Waals surface area contributed by atoms with Gasteiger partial charge in [0.2, 0.25) is 0 Å². The van der Waals surface area contributed by atoms with Crippen molar-refractivity contribution in [3.63, 3.8) is 0 Å². The first kappa shape index (κ1) is 29.3. The van der Waals surface area contributed by atoms with E-state index in [9.17, 15) is 0 Å². The summed E-state index contributed by atoms with van der Waals surface area (Å²) < 4.78 is 0. The maximum Gasteiger partial charge on any atom is 3.00 e. The summed E-state index contributed by atoms with van der Waals surface area (Å²) in [6, 6.07) is 0. The molecule has 0 radical (unpaired) electrons. The Morgan fingerprint density at radius 3 is 0.500 bits per heavy atom. The molecular weight excluding hydrogens is 290 g/mol. The van der Waals surface area contributed by atoms with Crippen molar-refractivity contribution >= 4 is 18.5 Å². The molecule has 0 aliphatic rings. The summed E-state index contributed by atoms with van der Waals surface area (Å²) in [5.41, 5.74) is 0. The van der Waals surface area contributed by atoms with E-state index in [2.05, 4.69) is 0 Å². The van der Waals surface area contributed by atoms with Crippen molar-refractivity contribution in [2.45, 2.75) is 0 Å². The van der Waals surface area contributed by atoms with E-state index in [0.717, 1.165) is 0 Å². The van der Waals surface area contributed by atoms with Gasteiger partial charge in [-0.25, -0.2) is 0 Å². The molecule has 0 saturated heterocycles. The fourth-order valence-electron chi connectivity index (χ4n) is 0. The molecule has 0 aliphatic carbocycles. The van der Waals surface area contributed by atoms with Gasteiger partial charge in [-0.1, -0.05) is 0 Å². The summed E-state index contributed by atoms with van der Waals surface area (Å²) in [6.07, 6.45) is -7.00. The van der Waals surface area contributed by atoms with Gasteiger partial charge < -0.3 is 45.0 Å². The molecule has 0 saturated carbocycles. The first-order valence-corrected chi connectivity index (χ1v) is 1.84. The van der Waals surface area contributed by atoms with Gasteiger partial charge in [0, 0.05) is 0 Å². The Kier molecular flexibility index (Phi) is 47.3. The Bertz CT molecular complexity index is 116. The molecule has 80 valence electrons. The number of carbonyl (C=O) groups is 3. The molecule has 14 heavy (non-hydrogen) atoms. The van der Waals surface area contributed by atoms with E-state index in [0.29, 0.717) is 0 Å². The first-order valence-electron chi connectivity index (χ1n) is 1.84. The largest absolute Gasteiger partial charge is 3.00 e. The molecular formula is C3Mn2O9. The van der Waals surface area contributed by atoms with Crippen molar-refractivity contribution < 1.29 is 79.2 Å². The number of carboxylic acid groups (broad SMARTS) is 6. The Labute approximate surface area is 97.9 Å². The third kappa shape index (κ3) is 794. The molecule has 0 spiro atoms. The van der Waals surface area contributed by atoms with Crippen LogP contribution in [-0.2, 0) is 34.1 Å². The van der Waals surface area contributed by atoms with Crippen LogP contribution in [0.4, 0.5) is 14.4 Å². The first-order chi connectivity index (χ1) is 5.20. The second-order valence-corrected chi connectivity index (χ2v) is 0.750. The fourth-order valence-corrected chi connectivity index (χ4v) is 0. The van der Waals surface area contributed by atoms with E-state index in [1.54, 1.807) is 0 Å². The molecule has 0 fully saturated rings. The topological polar surface area (TPSA) is 190 Å². The van der Waals surface area contributed by atoms with E-state index in [1.165, 1.54) is 0 Å². The molecule has 0 amide bonds. The Morgan fingerprint density at radius 1 is 0.500 bits per heavy atom. The van der Waals surface area contributed by atoms with Crippen molar-refractivity contribution in [3.05, 3.63) is 0 Å². The molecule has 0 bridgehead atoms. The molecule has 0 aliphatic heterocycles. The van der Waals surface area contributed by atoms with E-state index in [1.807, 2.05) is 0 Å². The Morgan fingerprint density at radius 2 is 0.500 bits per heavy atom. The number of carbonyl (C=O) groups excluding carboxylic acids is 3. The van der Waals surface area contributed by atoms with Crippen LogP contribution in [0.25, 0.3) is 0 Å². The normalized spacial score (nSPS) is 5.14. The minimum atomic E-state index is -2.33. The van der Waals surface area contributed by atoms with E-state index in [4.69, 9.17) is 45.0 Å². The van der Waals surface area contributed by atoms with Crippen LogP contribution in [-0.4, -0.2) is 18.5 Å². The van der Waals surface area contributed by atoms with Gasteiger partial charge in [-0.05, 0) is 18.5 Å². The van der Waals surface area contributed by atoms with Gasteiger partial charge >= 0.3 is 34.1 Å². The molecule has 0 aromatic heterocycles. The monoisotopic (exact) mass is 290 g/mol. The summed E-state index contributed by atoms with van der Waals surface area (Å²) in [6.45, 7) is 0. The van der Waals surface area contributed by atoms with Crippen LogP contribution >= 0.6 is 0 Å². The SMILES string of the molecule is O=C([O-])[O-].O=C([O-])[O-].O=C([O-])[O-].[Mn+3].[Mn+3]. The molecule has 0 unspecified atom stereocenters. The van der Waals surface area contributed by atoms with Crippen LogP contribution in [0, 0.1) is 0 Å². The summed E-state index contributed by atoms with van der Waals surface area (Å²) in [5.74, 6) is 0. The smallest absolute Gasteiger partial charge is 0.652 e. The van der Waals surface area contributed by atoms with Crippen LogP contribution in [0.5, 0.6) is 0 Å². The van der Waals surface area contributed by atoms with Crippen LogP contribution < -0.4 is 30.6 Å². The van der Waals surface area contributed by atoms with Gasteiger partial charge in [0.15, 0.2) is 0 Å². The summed E-state index contributed by atoms with van der Waals surface area (Å²) in [7, 11) is 0. The zero-order valence-electron chi connectivity index (χ0n) is 5.93. The molecule has 0 aromatic rings. The maximum absolute atomic E-state index is 8.33. The number of hydrogen-bond acceptors (Lipinski definition) is 9. The molecule has 0 atom stereocenters. The molecule has 0 heterocycles. The third-order valence-corrected chi connectivity index (χ3v) is 0. The van der Waals surface area contributed by atoms with Crippen LogP contribution in [0.1, 0.15) is 0 Å². The van der Waals surface area contributed by atoms with Crippen LogP contribution in [0.3, 0.4) is 0 Å². The predicted octanol–water partition coefficient (Wildman–Crippen LogP) is -7.35. The summed E-state index contributed by atoms with van der Waals surface area (Å²) in [5, 5.41) is 50.0. The average Bonchev–Trinajstić information content (AvgIpc) is 1.54. The predicted molar refractivity (Wildman–Crippen MR) is 16.2 cm³/mol. The van der Waals surface area contributed by atoms with Crippen LogP contribution in [0.2, 0.25) is 0 Å². The van der Waals surface area contributed by atoms with Gasteiger partial charge in [0.05, 0.1) is 0 Å². The van der Waals surface area contributed by atoms with E-state index < -0.39 is 18.5 Å². The minimum absolute atomic E-state index is 0. The summed E-state index contributed by atoms with van der Waals surface area (Å²) in [4.78, 5) is 25.0.